The Kier molecular flexibility index (Phi) is 4.88. The van der Waals surface area contributed by atoms with Gasteiger partial charge in [-0.25, -0.2) is 17.5 Å². The van der Waals surface area contributed by atoms with E-state index in [1.165, 1.54) is 25.5 Å². The third-order valence-electron chi connectivity index (χ3n) is 4.26. The van der Waals surface area contributed by atoms with Crippen LogP contribution in [-0.4, -0.2) is 14.5 Å². The van der Waals surface area contributed by atoms with Gasteiger partial charge in [-0.05, 0) is 50.3 Å². The van der Waals surface area contributed by atoms with Crippen LogP contribution < -0.4 is 10.5 Å². The Hall–Kier alpha value is -1.14. The molecule has 21 heavy (non-hydrogen) atoms. The molecule has 4 nitrogen and oxygen atoms in total. The molecule has 0 bridgehead atoms. The second-order valence-electron chi connectivity index (χ2n) is 5.95. The van der Waals surface area contributed by atoms with Gasteiger partial charge in [0.2, 0.25) is 10.0 Å². The molecule has 1 atom stereocenters. The zero-order valence-electron chi connectivity index (χ0n) is 12.5. The predicted octanol–water partition coefficient (Wildman–Crippen LogP) is 2.96. The second kappa shape index (κ2) is 6.32. The molecule has 1 aromatic carbocycles. The zero-order valence-corrected chi connectivity index (χ0v) is 13.3. The molecule has 0 amide bonds. The van der Waals surface area contributed by atoms with Crippen molar-refractivity contribution in [3.8, 4) is 0 Å². The number of nitrogens with two attached hydrogens (primary N) is 1. The molecule has 0 heterocycles. The van der Waals surface area contributed by atoms with Gasteiger partial charge in [-0.3, -0.25) is 0 Å². The SMILES string of the molecule is Cc1cc(S(=O)(=O)NC(C)C2CCCCC2)cc(N)c1F. The average Bonchev–Trinajstić information content (AvgIpc) is 2.44. The van der Waals surface area contributed by atoms with Crippen molar-refractivity contribution in [3.05, 3.63) is 23.5 Å². The third kappa shape index (κ3) is 3.74. The predicted molar refractivity (Wildman–Crippen MR) is 81.9 cm³/mol. The van der Waals surface area contributed by atoms with E-state index in [-0.39, 0.29) is 22.2 Å². The number of hydrogen-bond donors (Lipinski definition) is 2. The molecule has 3 N–H and O–H groups in total. The molecule has 1 aliphatic carbocycles. The summed E-state index contributed by atoms with van der Waals surface area (Å²) in [6.45, 7) is 3.41. The van der Waals surface area contributed by atoms with E-state index in [4.69, 9.17) is 5.73 Å². The molecule has 6 heteroatoms. The van der Waals surface area contributed by atoms with Crippen molar-refractivity contribution in [1.82, 2.24) is 4.72 Å². The van der Waals surface area contributed by atoms with Crippen molar-refractivity contribution in [2.75, 3.05) is 5.73 Å². The maximum absolute atomic E-state index is 13.5. The first-order valence-electron chi connectivity index (χ1n) is 7.39. The van der Waals surface area contributed by atoms with Crippen molar-refractivity contribution in [2.24, 2.45) is 5.92 Å². The molecule has 0 aromatic heterocycles. The molecular formula is C15H23FN2O2S. The molecule has 118 valence electrons. The van der Waals surface area contributed by atoms with E-state index in [2.05, 4.69) is 4.72 Å². The third-order valence-corrected chi connectivity index (χ3v) is 5.80. The number of sulfonamides is 1. The van der Waals surface area contributed by atoms with E-state index in [1.807, 2.05) is 6.92 Å². The lowest BCUT2D eigenvalue weighted by molar-refractivity contribution is 0.303. The standard InChI is InChI=1S/C15H23FN2O2S/c1-10-8-13(9-14(17)15(10)16)21(19,20)18-11(2)12-6-4-3-5-7-12/h8-9,11-12,18H,3-7,17H2,1-2H3. The van der Waals surface area contributed by atoms with Gasteiger partial charge in [0.1, 0.15) is 5.82 Å². The molecule has 1 fully saturated rings. The molecule has 1 aliphatic rings. The van der Waals surface area contributed by atoms with Crippen LogP contribution in [0.5, 0.6) is 0 Å². The molecule has 1 aromatic rings. The van der Waals surface area contributed by atoms with Gasteiger partial charge in [0.05, 0.1) is 10.6 Å². The van der Waals surface area contributed by atoms with Crippen LogP contribution in [0, 0.1) is 18.7 Å². The monoisotopic (exact) mass is 314 g/mol. The van der Waals surface area contributed by atoms with E-state index < -0.39 is 15.8 Å². The van der Waals surface area contributed by atoms with Crippen molar-refractivity contribution in [2.45, 2.75) is 56.9 Å². The first-order valence-corrected chi connectivity index (χ1v) is 8.87. The Labute approximate surface area is 126 Å². The van der Waals surface area contributed by atoms with Crippen molar-refractivity contribution in [3.63, 3.8) is 0 Å². The Bertz CT molecular complexity index is 587. The first-order chi connectivity index (χ1) is 9.81. The maximum Gasteiger partial charge on any atom is 0.240 e. The minimum Gasteiger partial charge on any atom is -0.396 e. The summed E-state index contributed by atoms with van der Waals surface area (Å²) in [7, 11) is -3.67. The van der Waals surface area contributed by atoms with Crippen LogP contribution in [0.15, 0.2) is 17.0 Å². The van der Waals surface area contributed by atoms with Crippen LogP contribution in [0.1, 0.15) is 44.6 Å². The van der Waals surface area contributed by atoms with Crippen LogP contribution in [-0.2, 0) is 10.0 Å². The largest absolute Gasteiger partial charge is 0.396 e. The molecule has 1 unspecified atom stereocenters. The summed E-state index contributed by atoms with van der Waals surface area (Å²) in [5, 5.41) is 0. The number of benzene rings is 1. The van der Waals surface area contributed by atoms with Crippen LogP contribution in [0.4, 0.5) is 10.1 Å². The van der Waals surface area contributed by atoms with E-state index >= 15 is 0 Å². The quantitative estimate of drug-likeness (QED) is 0.839. The van der Waals surface area contributed by atoms with Gasteiger partial charge in [0.15, 0.2) is 0 Å². The van der Waals surface area contributed by atoms with Crippen LogP contribution >= 0.6 is 0 Å². The summed E-state index contributed by atoms with van der Waals surface area (Å²) in [6, 6.07) is 2.38. The summed E-state index contributed by atoms with van der Waals surface area (Å²) in [4.78, 5) is 0.0292. The van der Waals surface area contributed by atoms with Crippen LogP contribution in [0.25, 0.3) is 0 Å². The fraction of sp³-hybridized carbons (Fsp3) is 0.600. The molecule has 2 rings (SSSR count). The van der Waals surface area contributed by atoms with Crippen molar-refractivity contribution in [1.29, 1.82) is 0 Å². The molecule has 0 radical (unpaired) electrons. The van der Waals surface area contributed by atoms with Gasteiger partial charge in [0, 0.05) is 6.04 Å². The Morgan fingerprint density at radius 2 is 1.90 bits per heavy atom. The zero-order chi connectivity index (χ0) is 15.6. The van der Waals surface area contributed by atoms with Crippen LogP contribution in [0.3, 0.4) is 0 Å². The topological polar surface area (TPSA) is 72.2 Å². The number of anilines is 1. The normalized spacial score (nSPS) is 18.6. The van der Waals surface area contributed by atoms with Crippen LogP contribution in [0.2, 0.25) is 0 Å². The first kappa shape index (κ1) is 16.2. The average molecular weight is 314 g/mol. The summed E-state index contributed by atoms with van der Waals surface area (Å²) >= 11 is 0. The van der Waals surface area contributed by atoms with Crippen molar-refractivity contribution >= 4 is 15.7 Å². The van der Waals surface area contributed by atoms with Gasteiger partial charge < -0.3 is 5.73 Å². The maximum atomic E-state index is 13.5. The summed E-state index contributed by atoms with van der Waals surface area (Å²) in [6.07, 6.45) is 5.63. The van der Waals surface area contributed by atoms with Gasteiger partial charge >= 0.3 is 0 Å². The smallest absolute Gasteiger partial charge is 0.240 e. The fourth-order valence-electron chi connectivity index (χ4n) is 2.96. The highest BCUT2D eigenvalue weighted by atomic mass is 32.2. The number of halogens is 1. The minimum absolute atomic E-state index is 0.0292. The highest BCUT2D eigenvalue weighted by Crippen LogP contribution is 2.27. The fourth-order valence-corrected chi connectivity index (χ4v) is 4.39. The number of aryl methyl sites for hydroxylation is 1. The summed E-state index contributed by atoms with van der Waals surface area (Å²) in [5.41, 5.74) is 5.62. The molecular weight excluding hydrogens is 291 g/mol. The summed E-state index contributed by atoms with van der Waals surface area (Å²) < 4.78 is 41.0. The lowest BCUT2D eigenvalue weighted by Gasteiger charge is -2.28. The Morgan fingerprint density at radius 3 is 2.48 bits per heavy atom. The molecule has 0 spiro atoms. The lowest BCUT2D eigenvalue weighted by Crippen LogP contribution is -2.38. The van der Waals surface area contributed by atoms with E-state index in [0.717, 1.165) is 25.7 Å². The Balaban J connectivity index is 2.18. The lowest BCUT2D eigenvalue weighted by atomic mass is 9.85. The van der Waals surface area contributed by atoms with Gasteiger partial charge in [0.25, 0.3) is 0 Å². The highest BCUT2D eigenvalue weighted by Gasteiger charge is 2.25. The Morgan fingerprint density at radius 1 is 1.29 bits per heavy atom. The van der Waals surface area contributed by atoms with Crippen molar-refractivity contribution < 1.29 is 12.8 Å². The molecule has 0 saturated heterocycles. The van der Waals surface area contributed by atoms with E-state index in [0.29, 0.717) is 5.92 Å². The van der Waals surface area contributed by atoms with Gasteiger partial charge in [-0.1, -0.05) is 19.3 Å². The summed E-state index contributed by atoms with van der Waals surface area (Å²) in [5.74, 6) is -0.193. The number of nitrogens with one attached hydrogen (secondary N) is 1. The van der Waals surface area contributed by atoms with Gasteiger partial charge in [-0.15, -0.1) is 0 Å². The number of rotatable bonds is 4. The highest BCUT2D eigenvalue weighted by molar-refractivity contribution is 7.89. The van der Waals surface area contributed by atoms with E-state index in [9.17, 15) is 12.8 Å². The molecule has 0 aliphatic heterocycles. The molecule has 1 saturated carbocycles. The number of nitrogen functional groups attached to an aromatic ring is 1. The minimum atomic E-state index is -3.67. The number of hydrogen-bond acceptors (Lipinski definition) is 3. The second-order valence-corrected chi connectivity index (χ2v) is 7.67. The van der Waals surface area contributed by atoms with Gasteiger partial charge in [-0.2, -0.15) is 0 Å². The van der Waals surface area contributed by atoms with E-state index in [1.54, 1.807) is 0 Å².